The van der Waals surface area contributed by atoms with Gasteiger partial charge >= 0.3 is 0 Å². The third-order valence-electron chi connectivity index (χ3n) is 2.63. The fourth-order valence-corrected chi connectivity index (χ4v) is 2.66. The minimum atomic E-state index is 0.651. The Labute approximate surface area is 93.6 Å². The molecule has 1 aliphatic heterocycles. The number of anilines is 1. The Kier molecular flexibility index (Phi) is 2.49. The molecule has 0 radical (unpaired) electrons. The minimum absolute atomic E-state index is 0.651. The van der Waals surface area contributed by atoms with Gasteiger partial charge in [-0.2, -0.15) is 0 Å². The summed E-state index contributed by atoms with van der Waals surface area (Å²) in [6, 6.07) is 6.66. The summed E-state index contributed by atoms with van der Waals surface area (Å²) in [4.78, 5) is 0. The zero-order valence-corrected chi connectivity index (χ0v) is 10.2. The molecule has 1 heterocycles. The van der Waals surface area contributed by atoms with E-state index in [1.54, 1.807) is 5.56 Å². The lowest BCUT2D eigenvalue weighted by molar-refractivity contribution is 0.849. The topological polar surface area (TPSA) is 3.24 Å². The van der Waals surface area contributed by atoms with Gasteiger partial charge in [0.2, 0.25) is 0 Å². The number of nitrogens with zero attached hydrogens (tertiary/aromatic N) is 1. The lowest BCUT2D eigenvalue weighted by Gasteiger charge is -2.13. The number of hydrogen-bond donors (Lipinski definition) is 0. The van der Waals surface area contributed by atoms with E-state index in [9.17, 15) is 0 Å². The smallest absolute Gasteiger partial charge is 0.0591 e. The molecule has 0 saturated heterocycles. The van der Waals surface area contributed by atoms with Crippen molar-refractivity contribution in [3.05, 3.63) is 29.3 Å². The van der Waals surface area contributed by atoms with Crippen molar-refractivity contribution in [1.29, 1.82) is 0 Å². The molecule has 0 N–H and O–H groups in total. The van der Waals surface area contributed by atoms with Crippen molar-refractivity contribution in [3.8, 4) is 0 Å². The second kappa shape index (κ2) is 3.48. The molecule has 0 saturated carbocycles. The Morgan fingerprint density at radius 3 is 2.85 bits per heavy atom. The first kappa shape index (κ1) is 9.31. The molecule has 13 heavy (non-hydrogen) atoms. The first-order valence-electron chi connectivity index (χ1n) is 4.75. The van der Waals surface area contributed by atoms with Crippen LogP contribution in [0.1, 0.15) is 30.9 Å². The Morgan fingerprint density at radius 1 is 1.38 bits per heavy atom. The predicted molar refractivity (Wildman–Crippen MR) is 65.6 cm³/mol. The molecule has 0 bridgehead atoms. The molecule has 0 aromatic heterocycles. The second-order valence-corrected chi connectivity index (χ2v) is 5.00. The van der Waals surface area contributed by atoms with Crippen LogP contribution in [0.15, 0.2) is 18.2 Å². The van der Waals surface area contributed by atoms with Crippen LogP contribution in [-0.2, 0) is 6.42 Å². The fraction of sp³-hybridized carbons (Fsp3) is 0.455. The summed E-state index contributed by atoms with van der Waals surface area (Å²) in [7, 11) is 0. The zero-order chi connectivity index (χ0) is 9.42. The van der Waals surface area contributed by atoms with Crippen molar-refractivity contribution in [2.24, 2.45) is 0 Å². The van der Waals surface area contributed by atoms with E-state index >= 15 is 0 Å². The van der Waals surface area contributed by atoms with Crippen LogP contribution in [0, 0.1) is 0 Å². The number of rotatable bonds is 1. The molecular formula is C11H14IN. The van der Waals surface area contributed by atoms with Crippen LogP contribution in [0.5, 0.6) is 0 Å². The molecule has 0 spiro atoms. The monoisotopic (exact) mass is 287 g/mol. The van der Waals surface area contributed by atoms with E-state index in [1.165, 1.54) is 24.2 Å². The summed E-state index contributed by atoms with van der Waals surface area (Å²) < 4.78 is 2.32. The molecule has 1 aromatic carbocycles. The van der Waals surface area contributed by atoms with Gasteiger partial charge in [0.1, 0.15) is 0 Å². The van der Waals surface area contributed by atoms with Gasteiger partial charge in [-0.1, -0.05) is 26.0 Å². The molecule has 2 heteroatoms. The van der Waals surface area contributed by atoms with Crippen molar-refractivity contribution in [2.75, 3.05) is 9.66 Å². The van der Waals surface area contributed by atoms with Crippen LogP contribution in [0.3, 0.4) is 0 Å². The molecule has 0 unspecified atom stereocenters. The van der Waals surface area contributed by atoms with E-state index < -0.39 is 0 Å². The van der Waals surface area contributed by atoms with Crippen molar-refractivity contribution in [2.45, 2.75) is 26.2 Å². The largest absolute Gasteiger partial charge is 0.314 e. The van der Waals surface area contributed by atoms with Gasteiger partial charge in [-0.3, -0.25) is 0 Å². The maximum atomic E-state index is 2.40. The molecule has 1 nitrogen and oxygen atoms in total. The summed E-state index contributed by atoms with van der Waals surface area (Å²) in [5.41, 5.74) is 4.51. The predicted octanol–water partition coefficient (Wildman–Crippen LogP) is 3.52. The van der Waals surface area contributed by atoms with Gasteiger partial charge in [0.05, 0.1) is 22.9 Å². The Bertz CT molecular complexity index is 320. The van der Waals surface area contributed by atoms with Crippen LogP contribution >= 0.6 is 22.9 Å². The van der Waals surface area contributed by atoms with Crippen LogP contribution in [0.25, 0.3) is 0 Å². The lowest BCUT2D eigenvalue weighted by atomic mass is 9.96. The van der Waals surface area contributed by atoms with Crippen molar-refractivity contribution < 1.29 is 0 Å². The highest BCUT2D eigenvalue weighted by Gasteiger charge is 2.20. The van der Waals surface area contributed by atoms with Crippen LogP contribution in [-0.4, -0.2) is 6.54 Å². The third-order valence-corrected chi connectivity index (χ3v) is 3.63. The summed E-state index contributed by atoms with van der Waals surface area (Å²) in [5.74, 6) is 0.651. The van der Waals surface area contributed by atoms with Crippen LogP contribution < -0.4 is 3.11 Å². The number of halogens is 1. The van der Waals surface area contributed by atoms with Gasteiger partial charge in [-0.05, 0) is 29.5 Å². The van der Waals surface area contributed by atoms with E-state index in [-0.39, 0.29) is 0 Å². The molecular weight excluding hydrogens is 273 g/mol. The Hall–Kier alpha value is -0.250. The highest BCUT2D eigenvalue weighted by Crippen LogP contribution is 2.35. The van der Waals surface area contributed by atoms with Crippen LogP contribution in [0.2, 0.25) is 0 Å². The van der Waals surface area contributed by atoms with Crippen molar-refractivity contribution in [3.63, 3.8) is 0 Å². The minimum Gasteiger partial charge on any atom is -0.314 e. The highest BCUT2D eigenvalue weighted by molar-refractivity contribution is 14.1. The molecule has 1 aliphatic rings. The van der Waals surface area contributed by atoms with Gasteiger partial charge < -0.3 is 3.11 Å². The summed E-state index contributed by atoms with van der Waals surface area (Å²) in [6.07, 6.45) is 1.21. The zero-order valence-electron chi connectivity index (χ0n) is 8.05. The van der Waals surface area contributed by atoms with Gasteiger partial charge in [0.15, 0.2) is 0 Å². The maximum absolute atomic E-state index is 2.40. The van der Waals surface area contributed by atoms with Gasteiger partial charge in [0, 0.05) is 12.2 Å². The Morgan fingerprint density at radius 2 is 2.15 bits per heavy atom. The SMILES string of the molecule is CC(C)c1cccc2c1CCN2I. The van der Waals surface area contributed by atoms with Crippen LogP contribution in [0.4, 0.5) is 5.69 Å². The van der Waals surface area contributed by atoms with Gasteiger partial charge in [-0.25, -0.2) is 0 Å². The highest BCUT2D eigenvalue weighted by atomic mass is 127. The molecule has 0 aliphatic carbocycles. The molecule has 0 fully saturated rings. The molecule has 1 aromatic rings. The van der Waals surface area contributed by atoms with E-state index in [0.717, 1.165) is 0 Å². The first-order chi connectivity index (χ1) is 6.20. The third kappa shape index (κ3) is 1.56. The molecule has 0 amide bonds. The average molecular weight is 287 g/mol. The van der Waals surface area contributed by atoms with Gasteiger partial charge in [-0.15, -0.1) is 0 Å². The van der Waals surface area contributed by atoms with Gasteiger partial charge in [0.25, 0.3) is 0 Å². The normalized spacial score (nSPS) is 15.2. The van der Waals surface area contributed by atoms with Crippen molar-refractivity contribution in [1.82, 2.24) is 0 Å². The summed E-state index contributed by atoms with van der Waals surface area (Å²) in [5, 5.41) is 0. The number of hydrogen-bond acceptors (Lipinski definition) is 1. The molecule has 0 atom stereocenters. The number of benzene rings is 1. The Balaban J connectivity index is 2.51. The summed E-state index contributed by atoms with van der Waals surface area (Å²) in [6.45, 7) is 5.70. The lowest BCUT2D eigenvalue weighted by Crippen LogP contribution is -2.02. The van der Waals surface area contributed by atoms with E-state index in [0.29, 0.717) is 5.92 Å². The quantitative estimate of drug-likeness (QED) is 0.564. The fourth-order valence-electron chi connectivity index (χ4n) is 1.96. The van der Waals surface area contributed by atoms with Crippen molar-refractivity contribution >= 4 is 28.6 Å². The summed E-state index contributed by atoms with van der Waals surface area (Å²) >= 11 is 2.40. The molecule has 70 valence electrons. The standard InChI is InChI=1S/C11H14IN/c1-8(2)9-4-3-5-11-10(9)6-7-13(11)12/h3-5,8H,6-7H2,1-2H3. The first-order valence-corrected chi connectivity index (χ1v) is 5.71. The van der Waals surface area contributed by atoms with E-state index in [1.807, 2.05) is 0 Å². The van der Waals surface area contributed by atoms with E-state index in [2.05, 4.69) is 58.0 Å². The average Bonchev–Trinajstić information content (AvgIpc) is 2.48. The maximum Gasteiger partial charge on any atom is 0.0591 e. The molecule has 2 rings (SSSR count). The second-order valence-electron chi connectivity index (χ2n) is 3.84. The van der Waals surface area contributed by atoms with E-state index in [4.69, 9.17) is 0 Å². The number of fused-ring (bicyclic) bond motifs is 1.